The average Bonchev–Trinajstić information content (AvgIpc) is 3.40. The van der Waals surface area contributed by atoms with Gasteiger partial charge in [0.2, 0.25) is 5.91 Å². The van der Waals surface area contributed by atoms with Crippen molar-refractivity contribution < 1.29 is 9.59 Å². The van der Waals surface area contributed by atoms with Crippen LogP contribution in [-0.4, -0.2) is 18.4 Å². The lowest BCUT2D eigenvalue weighted by Crippen LogP contribution is -2.33. The van der Waals surface area contributed by atoms with E-state index in [4.69, 9.17) is 0 Å². The zero-order chi connectivity index (χ0) is 19.9. The third-order valence-corrected chi connectivity index (χ3v) is 6.26. The van der Waals surface area contributed by atoms with Gasteiger partial charge in [-0.3, -0.25) is 9.59 Å². The molecule has 0 fully saturated rings. The second kappa shape index (κ2) is 9.66. The van der Waals surface area contributed by atoms with Crippen LogP contribution in [0.1, 0.15) is 57.9 Å². The molecule has 2 aromatic heterocycles. The molecule has 0 radical (unpaired) electrons. The minimum absolute atomic E-state index is 0.0854. The lowest BCUT2D eigenvalue weighted by Gasteiger charge is -2.19. The minimum Gasteiger partial charge on any atom is -0.351 e. The molecule has 3 rings (SSSR count). The van der Waals surface area contributed by atoms with Gasteiger partial charge in [-0.2, -0.15) is 0 Å². The SMILES string of the molecule is CC(C)c1ccc(C(NC(=O)CCNC(=O)c2cccs2)c2cccs2)cc1. The van der Waals surface area contributed by atoms with Crippen molar-refractivity contribution in [3.8, 4) is 0 Å². The highest BCUT2D eigenvalue weighted by molar-refractivity contribution is 7.12. The van der Waals surface area contributed by atoms with Gasteiger partial charge in [-0.1, -0.05) is 50.2 Å². The molecule has 1 unspecified atom stereocenters. The highest BCUT2D eigenvalue weighted by Gasteiger charge is 2.18. The Morgan fingerprint density at radius 3 is 2.21 bits per heavy atom. The smallest absolute Gasteiger partial charge is 0.261 e. The Hall–Kier alpha value is -2.44. The number of hydrogen-bond acceptors (Lipinski definition) is 4. The van der Waals surface area contributed by atoms with Crippen LogP contribution in [0.15, 0.2) is 59.3 Å². The van der Waals surface area contributed by atoms with E-state index in [-0.39, 0.29) is 24.3 Å². The standard InChI is InChI=1S/C22H24N2O2S2/c1-15(2)16-7-9-17(10-8-16)21(18-5-3-13-27-18)24-20(25)11-12-23-22(26)19-6-4-14-28-19/h3-10,13-15,21H,11-12H2,1-2H3,(H,23,26)(H,24,25). The lowest BCUT2D eigenvalue weighted by molar-refractivity contribution is -0.121. The molecule has 0 bridgehead atoms. The number of carbonyl (C=O) groups is 2. The molecule has 1 aromatic carbocycles. The summed E-state index contributed by atoms with van der Waals surface area (Å²) < 4.78 is 0. The van der Waals surface area contributed by atoms with Crippen LogP contribution in [0.4, 0.5) is 0 Å². The predicted octanol–water partition coefficient (Wildman–Crippen LogP) is 4.96. The molecule has 0 aliphatic heterocycles. The Balaban J connectivity index is 1.61. The van der Waals surface area contributed by atoms with Crippen LogP contribution in [0, 0.1) is 0 Å². The maximum absolute atomic E-state index is 12.5. The summed E-state index contributed by atoms with van der Waals surface area (Å²) in [6.07, 6.45) is 0.239. The molecule has 3 aromatic rings. The maximum Gasteiger partial charge on any atom is 0.261 e. The van der Waals surface area contributed by atoms with Crippen molar-refractivity contribution in [1.82, 2.24) is 10.6 Å². The Kier molecular flexibility index (Phi) is 7.01. The van der Waals surface area contributed by atoms with Gasteiger partial charge in [-0.25, -0.2) is 0 Å². The summed E-state index contributed by atoms with van der Waals surface area (Å²) in [6, 6.07) is 15.9. The van der Waals surface area contributed by atoms with Crippen LogP contribution < -0.4 is 10.6 Å². The molecule has 2 amide bonds. The van der Waals surface area contributed by atoms with Gasteiger partial charge in [0, 0.05) is 17.8 Å². The topological polar surface area (TPSA) is 58.2 Å². The van der Waals surface area contributed by atoms with E-state index < -0.39 is 0 Å². The molecule has 1 atom stereocenters. The molecule has 4 nitrogen and oxygen atoms in total. The molecule has 0 saturated carbocycles. The zero-order valence-corrected chi connectivity index (χ0v) is 17.6. The summed E-state index contributed by atoms with van der Waals surface area (Å²) in [7, 11) is 0. The van der Waals surface area contributed by atoms with Gasteiger partial charge in [-0.15, -0.1) is 22.7 Å². The molecule has 0 aliphatic rings. The monoisotopic (exact) mass is 412 g/mol. The second-order valence-corrected chi connectivity index (χ2v) is 8.75. The van der Waals surface area contributed by atoms with Crippen LogP contribution in [0.25, 0.3) is 0 Å². The fourth-order valence-corrected chi connectivity index (χ4v) is 4.31. The largest absolute Gasteiger partial charge is 0.351 e. The number of benzene rings is 1. The van der Waals surface area contributed by atoms with E-state index in [1.807, 2.05) is 29.0 Å². The lowest BCUT2D eigenvalue weighted by atomic mass is 9.98. The van der Waals surface area contributed by atoms with Crippen molar-refractivity contribution in [2.45, 2.75) is 32.2 Å². The number of rotatable bonds is 8. The van der Waals surface area contributed by atoms with E-state index >= 15 is 0 Å². The first kappa shape index (κ1) is 20.3. The molecular formula is C22H24N2O2S2. The number of hydrogen-bond donors (Lipinski definition) is 2. The van der Waals surface area contributed by atoms with E-state index in [0.29, 0.717) is 17.3 Å². The Bertz CT molecular complexity index is 885. The molecular weight excluding hydrogens is 388 g/mol. The first-order chi connectivity index (χ1) is 13.5. The Labute approximate surface area is 173 Å². The van der Waals surface area contributed by atoms with Crippen molar-refractivity contribution in [3.63, 3.8) is 0 Å². The summed E-state index contributed by atoms with van der Waals surface area (Å²) in [6.45, 7) is 4.64. The zero-order valence-electron chi connectivity index (χ0n) is 16.0. The fraction of sp³-hybridized carbons (Fsp3) is 0.273. The minimum atomic E-state index is -0.179. The average molecular weight is 413 g/mol. The van der Waals surface area contributed by atoms with Crippen LogP contribution in [0.5, 0.6) is 0 Å². The van der Waals surface area contributed by atoms with E-state index in [9.17, 15) is 9.59 Å². The van der Waals surface area contributed by atoms with Gasteiger partial charge >= 0.3 is 0 Å². The third-order valence-electron chi connectivity index (χ3n) is 4.45. The van der Waals surface area contributed by atoms with Crippen LogP contribution in [0.2, 0.25) is 0 Å². The molecule has 146 valence electrons. The number of nitrogens with one attached hydrogen (secondary N) is 2. The first-order valence-corrected chi connectivity index (χ1v) is 11.0. The number of thiophene rings is 2. The molecule has 28 heavy (non-hydrogen) atoms. The van der Waals surface area contributed by atoms with Crippen LogP contribution in [-0.2, 0) is 4.79 Å². The molecule has 6 heteroatoms. The fourth-order valence-electron chi connectivity index (χ4n) is 2.87. The summed E-state index contributed by atoms with van der Waals surface area (Å²) in [4.78, 5) is 26.2. The normalized spacial score (nSPS) is 12.0. The van der Waals surface area contributed by atoms with Crippen LogP contribution in [0.3, 0.4) is 0 Å². The summed E-state index contributed by atoms with van der Waals surface area (Å²) in [5.74, 6) is 0.246. The third kappa shape index (κ3) is 5.30. The van der Waals surface area contributed by atoms with Crippen molar-refractivity contribution >= 4 is 34.5 Å². The molecule has 0 aliphatic carbocycles. The van der Waals surface area contributed by atoms with Crippen molar-refractivity contribution in [2.24, 2.45) is 0 Å². The highest BCUT2D eigenvalue weighted by Crippen LogP contribution is 2.27. The molecule has 0 saturated heterocycles. The van der Waals surface area contributed by atoms with Gasteiger partial charge in [-0.05, 0) is 39.9 Å². The Morgan fingerprint density at radius 2 is 1.61 bits per heavy atom. The van der Waals surface area contributed by atoms with E-state index in [1.165, 1.54) is 16.9 Å². The molecule has 2 N–H and O–H groups in total. The maximum atomic E-state index is 12.5. The summed E-state index contributed by atoms with van der Waals surface area (Å²) in [5, 5.41) is 9.78. The number of carbonyl (C=O) groups excluding carboxylic acids is 2. The van der Waals surface area contributed by atoms with E-state index in [1.54, 1.807) is 17.4 Å². The Morgan fingerprint density at radius 1 is 0.929 bits per heavy atom. The van der Waals surface area contributed by atoms with Crippen LogP contribution >= 0.6 is 22.7 Å². The van der Waals surface area contributed by atoms with Gasteiger partial charge in [0.1, 0.15) is 0 Å². The summed E-state index contributed by atoms with van der Waals surface area (Å²) >= 11 is 3.01. The summed E-state index contributed by atoms with van der Waals surface area (Å²) in [5.41, 5.74) is 2.33. The van der Waals surface area contributed by atoms with Gasteiger partial charge < -0.3 is 10.6 Å². The van der Waals surface area contributed by atoms with Crippen molar-refractivity contribution in [2.75, 3.05) is 6.54 Å². The molecule has 0 spiro atoms. The van der Waals surface area contributed by atoms with Gasteiger partial charge in [0.25, 0.3) is 5.91 Å². The second-order valence-electron chi connectivity index (χ2n) is 6.82. The first-order valence-electron chi connectivity index (χ1n) is 9.29. The van der Waals surface area contributed by atoms with Crippen molar-refractivity contribution in [3.05, 3.63) is 80.2 Å². The van der Waals surface area contributed by atoms with E-state index in [2.05, 4.69) is 48.7 Å². The molecule has 2 heterocycles. The van der Waals surface area contributed by atoms with Crippen molar-refractivity contribution in [1.29, 1.82) is 0 Å². The predicted molar refractivity (Wildman–Crippen MR) is 116 cm³/mol. The highest BCUT2D eigenvalue weighted by atomic mass is 32.1. The van der Waals surface area contributed by atoms with Gasteiger partial charge in [0.05, 0.1) is 10.9 Å². The quantitative estimate of drug-likeness (QED) is 0.549. The van der Waals surface area contributed by atoms with E-state index in [0.717, 1.165) is 10.4 Å². The van der Waals surface area contributed by atoms with Gasteiger partial charge in [0.15, 0.2) is 0 Å². The number of amides is 2.